The zero-order chi connectivity index (χ0) is 19.3. The van der Waals surface area contributed by atoms with Gasteiger partial charge in [-0.05, 0) is 31.5 Å². The largest absolute Gasteiger partial charge is 0.340 e. The summed E-state index contributed by atoms with van der Waals surface area (Å²) in [5.41, 5.74) is 6.63. The van der Waals surface area contributed by atoms with E-state index < -0.39 is 18.0 Å². The fourth-order valence-corrected chi connectivity index (χ4v) is 5.37. The molecular formula is C16H18ClN7O2S. The van der Waals surface area contributed by atoms with Gasteiger partial charge < -0.3 is 16.0 Å². The number of benzene rings is 1. The summed E-state index contributed by atoms with van der Waals surface area (Å²) >= 11 is 7.55. The predicted octanol–water partition coefficient (Wildman–Crippen LogP) is 0.773. The second kappa shape index (κ2) is 6.47. The third kappa shape index (κ3) is 2.97. The van der Waals surface area contributed by atoms with Crippen LogP contribution >= 0.6 is 23.4 Å². The van der Waals surface area contributed by atoms with Crippen LogP contribution in [0.5, 0.6) is 0 Å². The molecule has 11 heteroatoms. The Kier molecular flexibility index (Phi) is 4.36. The molecule has 2 amide bonds. The van der Waals surface area contributed by atoms with Crippen LogP contribution < -0.4 is 11.1 Å². The zero-order valence-electron chi connectivity index (χ0n) is 14.6. The molecule has 1 aromatic heterocycles. The molecule has 3 heterocycles. The van der Waals surface area contributed by atoms with Crippen molar-refractivity contribution < 1.29 is 9.59 Å². The van der Waals surface area contributed by atoms with Crippen molar-refractivity contribution in [1.82, 2.24) is 30.8 Å². The summed E-state index contributed by atoms with van der Waals surface area (Å²) in [5, 5.41) is 17.2. The number of amides is 2. The van der Waals surface area contributed by atoms with Gasteiger partial charge in [-0.1, -0.05) is 28.9 Å². The van der Waals surface area contributed by atoms with E-state index in [1.165, 1.54) is 0 Å². The minimum atomic E-state index is -0.905. The van der Waals surface area contributed by atoms with E-state index in [1.54, 1.807) is 40.9 Å². The average Bonchev–Trinajstić information content (AvgIpc) is 3.23. The van der Waals surface area contributed by atoms with Crippen LogP contribution in [0.15, 0.2) is 24.3 Å². The lowest BCUT2D eigenvalue weighted by atomic mass is 9.95. The number of carbonyl (C=O) groups is 2. The van der Waals surface area contributed by atoms with Crippen LogP contribution in [-0.4, -0.2) is 53.5 Å². The molecule has 0 aliphatic carbocycles. The van der Waals surface area contributed by atoms with Gasteiger partial charge in [0.1, 0.15) is 23.5 Å². The minimum absolute atomic E-state index is 0.181. The number of nitrogens with two attached hydrogens (primary N) is 1. The number of rotatable bonds is 4. The second-order valence-electron chi connectivity index (χ2n) is 7.05. The number of fused-ring (bicyclic) bond motifs is 1. The van der Waals surface area contributed by atoms with Gasteiger partial charge in [-0.2, -0.15) is 5.21 Å². The van der Waals surface area contributed by atoms with E-state index in [9.17, 15) is 9.59 Å². The number of thioether (sulfide) groups is 1. The van der Waals surface area contributed by atoms with E-state index in [4.69, 9.17) is 17.3 Å². The molecule has 2 saturated heterocycles. The number of halogens is 1. The monoisotopic (exact) mass is 407 g/mol. The summed E-state index contributed by atoms with van der Waals surface area (Å²) in [4.78, 5) is 27.0. The van der Waals surface area contributed by atoms with Crippen molar-refractivity contribution in [2.75, 3.05) is 0 Å². The van der Waals surface area contributed by atoms with Crippen LogP contribution in [0.2, 0.25) is 5.02 Å². The van der Waals surface area contributed by atoms with Gasteiger partial charge >= 0.3 is 0 Å². The Labute approximate surface area is 164 Å². The Balaban J connectivity index is 1.49. The first-order valence-electron chi connectivity index (χ1n) is 8.34. The molecule has 4 N–H and O–H groups in total. The molecule has 2 aliphatic heterocycles. The molecule has 0 saturated carbocycles. The van der Waals surface area contributed by atoms with Crippen molar-refractivity contribution in [2.45, 2.75) is 42.1 Å². The highest BCUT2D eigenvalue weighted by molar-refractivity contribution is 8.01. The summed E-state index contributed by atoms with van der Waals surface area (Å²) in [7, 11) is 0. The lowest BCUT2D eigenvalue weighted by molar-refractivity contribution is -0.152. The smallest absolute Gasteiger partial charge is 0.249 e. The van der Waals surface area contributed by atoms with Gasteiger partial charge in [0, 0.05) is 9.77 Å². The van der Waals surface area contributed by atoms with Crippen molar-refractivity contribution in [3.8, 4) is 0 Å². The quantitative estimate of drug-likeness (QED) is 0.638. The molecule has 0 radical (unpaired) electrons. The molecule has 4 rings (SSSR count). The molecule has 2 fully saturated rings. The molecule has 3 unspecified atom stereocenters. The number of nitrogens with zero attached hydrogens (tertiary/aromatic N) is 4. The summed E-state index contributed by atoms with van der Waals surface area (Å²) in [6.07, 6.45) is 0. The Morgan fingerprint density at radius 3 is 2.93 bits per heavy atom. The Morgan fingerprint density at radius 2 is 2.26 bits per heavy atom. The number of β-lactam (4-membered cyclic amide) rings is 1. The molecule has 2 aliphatic rings. The third-order valence-electron chi connectivity index (χ3n) is 4.84. The number of tetrazole rings is 1. The lowest BCUT2D eigenvalue weighted by Gasteiger charge is -2.44. The van der Waals surface area contributed by atoms with E-state index in [1.807, 2.05) is 13.8 Å². The first kappa shape index (κ1) is 18.2. The van der Waals surface area contributed by atoms with Gasteiger partial charge in [0.05, 0.1) is 0 Å². The van der Waals surface area contributed by atoms with Crippen molar-refractivity contribution >= 4 is 35.2 Å². The lowest BCUT2D eigenvalue weighted by Crippen LogP contribution is -2.68. The maximum Gasteiger partial charge on any atom is 0.249 e. The third-order valence-corrected chi connectivity index (χ3v) is 6.64. The molecule has 27 heavy (non-hydrogen) atoms. The molecule has 4 atom stereocenters. The maximum atomic E-state index is 12.7. The molecule has 0 spiro atoms. The molecular weight excluding hydrogens is 390 g/mol. The SMILES string of the molecule is CC1(C)S[C@H]2C(NC(=O)C(N)c3cccc(Cl)c3)C(=O)N2C1c1nn[nH]n1. The minimum Gasteiger partial charge on any atom is -0.340 e. The Hall–Kier alpha value is -2.17. The first-order valence-corrected chi connectivity index (χ1v) is 9.60. The van der Waals surface area contributed by atoms with Gasteiger partial charge in [-0.3, -0.25) is 9.59 Å². The van der Waals surface area contributed by atoms with Gasteiger partial charge in [0.2, 0.25) is 11.8 Å². The number of H-pyrrole nitrogens is 1. The number of hydrogen-bond donors (Lipinski definition) is 3. The maximum absolute atomic E-state index is 12.7. The topological polar surface area (TPSA) is 130 Å². The predicted molar refractivity (Wildman–Crippen MR) is 99.5 cm³/mol. The number of hydrogen-bond acceptors (Lipinski definition) is 7. The van der Waals surface area contributed by atoms with Gasteiger partial charge in [-0.25, -0.2) is 0 Å². The van der Waals surface area contributed by atoms with E-state index in [0.717, 1.165) is 0 Å². The highest BCUT2D eigenvalue weighted by Crippen LogP contribution is 2.56. The summed E-state index contributed by atoms with van der Waals surface area (Å²) in [6, 6.07) is 4.95. The number of nitrogens with one attached hydrogen (secondary N) is 2. The molecule has 2 aromatic rings. The normalized spacial score (nSPS) is 27.0. The van der Waals surface area contributed by atoms with Crippen LogP contribution in [0.25, 0.3) is 0 Å². The summed E-state index contributed by atoms with van der Waals surface area (Å²) < 4.78 is -0.321. The van der Waals surface area contributed by atoms with Crippen LogP contribution in [0.4, 0.5) is 0 Å². The zero-order valence-corrected chi connectivity index (χ0v) is 16.2. The fraction of sp³-hybridized carbons (Fsp3) is 0.438. The highest BCUT2D eigenvalue weighted by atomic mass is 35.5. The van der Waals surface area contributed by atoms with E-state index in [-0.39, 0.29) is 22.1 Å². The second-order valence-corrected chi connectivity index (χ2v) is 9.26. The van der Waals surface area contributed by atoms with Gasteiger partial charge in [0.25, 0.3) is 0 Å². The Bertz CT molecular complexity index is 891. The first-order chi connectivity index (χ1) is 12.8. The molecule has 142 valence electrons. The van der Waals surface area contributed by atoms with Gasteiger partial charge in [0.15, 0.2) is 5.82 Å². The standard InChI is InChI=1S/C16H18ClN7O2S/c1-16(2)11(12-20-22-23-21-12)24-14(26)10(15(24)27-16)19-13(25)9(18)7-4-3-5-8(17)6-7/h3-6,9-11,15H,18H2,1-2H3,(H,19,25)(H,20,21,22,23)/t9?,10?,11?,15-/m0/s1. The molecule has 0 bridgehead atoms. The number of aromatic nitrogens is 4. The number of aromatic amines is 1. The van der Waals surface area contributed by atoms with E-state index in [2.05, 4.69) is 25.9 Å². The van der Waals surface area contributed by atoms with Crippen LogP contribution in [0.1, 0.15) is 37.3 Å². The average molecular weight is 408 g/mol. The van der Waals surface area contributed by atoms with Crippen molar-refractivity contribution in [3.63, 3.8) is 0 Å². The van der Waals surface area contributed by atoms with Crippen LogP contribution in [0, 0.1) is 0 Å². The summed E-state index contributed by atoms with van der Waals surface area (Å²) in [6.45, 7) is 4.03. The fourth-order valence-electron chi connectivity index (χ4n) is 3.54. The number of carbonyl (C=O) groups excluding carboxylic acids is 2. The van der Waals surface area contributed by atoms with Crippen molar-refractivity contribution in [1.29, 1.82) is 0 Å². The highest BCUT2D eigenvalue weighted by Gasteiger charge is 2.63. The molecule has 9 nitrogen and oxygen atoms in total. The van der Waals surface area contributed by atoms with Crippen molar-refractivity contribution in [2.24, 2.45) is 5.73 Å². The van der Waals surface area contributed by atoms with Crippen LogP contribution in [0.3, 0.4) is 0 Å². The van der Waals surface area contributed by atoms with Gasteiger partial charge in [-0.15, -0.1) is 22.0 Å². The van der Waals surface area contributed by atoms with E-state index in [0.29, 0.717) is 16.4 Å². The van der Waals surface area contributed by atoms with E-state index >= 15 is 0 Å². The Morgan fingerprint density at radius 1 is 1.48 bits per heavy atom. The van der Waals surface area contributed by atoms with Crippen LogP contribution in [-0.2, 0) is 9.59 Å². The summed E-state index contributed by atoms with van der Waals surface area (Å²) in [5.74, 6) is -0.139. The molecule has 1 aromatic carbocycles. The van der Waals surface area contributed by atoms with Crippen molar-refractivity contribution in [3.05, 3.63) is 40.7 Å².